The van der Waals surface area contributed by atoms with Crippen LogP contribution in [-0.2, 0) is 0 Å². The van der Waals surface area contributed by atoms with Crippen LogP contribution in [0.4, 0.5) is 0 Å². The quantitative estimate of drug-likeness (QED) is 0.902. The molecule has 0 aliphatic carbocycles. The van der Waals surface area contributed by atoms with Crippen molar-refractivity contribution in [1.82, 2.24) is 10.3 Å². The highest BCUT2D eigenvalue weighted by Gasteiger charge is 2.11. The molecular weight excluding hydrogens is 246 g/mol. The molecule has 96 valence electrons. The summed E-state index contributed by atoms with van der Waals surface area (Å²) in [6, 6.07) is 15.7. The van der Waals surface area contributed by atoms with Crippen LogP contribution in [0.1, 0.15) is 16.8 Å². The van der Waals surface area contributed by atoms with Crippen LogP contribution in [0.5, 0.6) is 0 Å². The Balaban J connectivity index is 2.02. The van der Waals surface area contributed by atoms with Gasteiger partial charge in [0.15, 0.2) is 0 Å². The van der Waals surface area contributed by atoms with Crippen molar-refractivity contribution in [3.63, 3.8) is 0 Å². The molecule has 1 aliphatic rings. The van der Waals surface area contributed by atoms with Gasteiger partial charge in [0.1, 0.15) is 0 Å². The highest BCUT2D eigenvalue weighted by atomic mass is 14.8. The zero-order valence-electron chi connectivity index (χ0n) is 10.9. The molecule has 3 nitrogen and oxygen atoms in total. The minimum atomic E-state index is 0.680. The largest absolute Gasteiger partial charge is 0.386 e. The van der Waals surface area contributed by atoms with Crippen molar-refractivity contribution in [3.8, 4) is 6.07 Å². The fourth-order valence-corrected chi connectivity index (χ4v) is 2.26. The summed E-state index contributed by atoms with van der Waals surface area (Å²) in [5.41, 5.74) is 4.71. The van der Waals surface area contributed by atoms with Gasteiger partial charge in [0.05, 0.1) is 17.3 Å². The topological polar surface area (TPSA) is 48.7 Å². The molecular formula is C17H13N3. The molecule has 20 heavy (non-hydrogen) atoms. The smallest absolute Gasteiger partial charge is 0.0998 e. The lowest BCUT2D eigenvalue weighted by Gasteiger charge is -2.16. The Morgan fingerprint density at radius 1 is 1.10 bits per heavy atom. The zero-order valence-corrected chi connectivity index (χ0v) is 10.9. The minimum absolute atomic E-state index is 0.680. The number of nitriles is 1. The summed E-state index contributed by atoms with van der Waals surface area (Å²) in [6.45, 7) is 0.745. The van der Waals surface area contributed by atoms with Gasteiger partial charge in [0.2, 0.25) is 0 Å². The Labute approximate surface area is 117 Å². The lowest BCUT2D eigenvalue weighted by Crippen LogP contribution is -2.15. The Kier molecular flexibility index (Phi) is 3.30. The Morgan fingerprint density at radius 2 is 1.95 bits per heavy atom. The predicted octanol–water partition coefficient (Wildman–Crippen LogP) is 2.98. The summed E-state index contributed by atoms with van der Waals surface area (Å²) in [5.74, 6) is 0. The molecule has 2 aromatic rings. The normalized spacial score (nSPS) is 13.8. The van der Waals surface area contributed by atoms with E-state index < -0.39 is 0 Å². The standard InChI is InChI=1S/C17H13N3/c18-10-13-5-1-2-6-16(13)14-9-15(12-19-11-14)17-7-3-4-8-20-17/h1-9,11,19H,12H2. The van der Waals surface area contributed by atoms with E-state index >= 15 is 0 Å². The van der Waals surface area contributed by atoms with Crippen LogP contribution in [0.2, 0.25) is 0 Å². The van der Waals surface area contributed by atoms with E-state index in [1.807, 2.05) is 48.7 Å². The Morgan fingerprint density at radius 3 is 2.75 bits per heavy atom. The van der Waals surface area contributed by atoms with Crippen LogP contribution >= 0.6 is 0 Å². The second-order valence-corrected chi connectivity index (χ2v) is 4.52. The lowest BCUT2D eigenvalue weighted by atomic mass is 9.96. The molecule has 2 heterocycles. The molecule has 3 rings (SSSR count). The fourth-order valence-electron chi connectivity index (χ4n) is 2.26. The number of nitrogens with zero attached hydrogens (tertiary/aromatic N) is 2. The van der Waals surface area contributed by atoms with Crippen LogP contribution in [0.3, 0.4) is 0 Å². The molecule has 3 heteroatoms. The SMILES string of the molecule is N#Cc1ccccc1C1=CNCC(c2ccccn2)=C1. The number of nitrogens with one attached hydrogen (secondary N) is 1. The van der Waals surface area contributed by atoms with Gasteiger partial charge in [-0.1, -0.05) is 24.3 Å². The number of pyridine rings is 1. The molecule has 1 aromatic heterocycles. The van der Waals surface area contributed by atoms with Crippen LogP contribution < -0.4 is 5.32 Å². The maximum atomic E-state index is 9.20. The van der Waals surface area contributed by atoms with Gasteiger partial charge in [-0.15, -0.1) is 0 Å². The number of aromatic nitrogens is 1. The maximum absolute atomic E-state index is 9.20. The van der Waals surface area contributed by atoms with Gasteiger partial charge < -0.3 is 5.32 Å². The van der Waals surface area contributed by atoms with Crippen molar-refractivity contribution in [2.75, 3.05) is 6.54 Å². The molecule has 1 N–H and O–H groups in total. The van der Waals surface area contributed by atoms with Crippen molar-refractivity contribution in [3.05, 3.63) is 77.8 Å². The number of dihydropyridines is 1. The summed E-state index contributed by atoms with van der Waals surface area (Å²) in [6.07, 6.45) is 5.83. The van der Waals surface area contributed by atoms with E-state index in [1.54, 1.807) is 6.20 Å². The molecule has 0 fully saturated rings. The number of rotatable bonds is 2. The summed E-state index contributed by atoms with van der Waals surface area (Å²) in [5, 5.41) is 12.5. The first-order valence-corrected chi connectivity index (χ1v) is 6.43. The molecule has 1 aromatic carbocycles. The van der Waals surface area contributed by atoms with E-state index in [0.717, 1.165) is 28.9 Å². The number of allylic oxidation sites excluding steroid dienone is 2. The van der Waals surface area contributed by atoms with Gasteiger partial charge in [0, 0.05) is 24.5 Å². The van der Waals surface area contributed by atoms with Gasteiger partial charge >= 0.3 is 0 Å². The van der Waals surface area contributed by atoms with Crippen LogP contribution in [0.15, 0.2) is 60.9 Å². The second-order valence-electron chi connectivity index (χ2n) is 4.52. The van der Waals surface area contributed by atoms with E-state index in [4.69, 9.17) is 0 Å². The van der Waals surface area contributed by atoms with Crippen LogP contribution in [0, 0.1) is 11.3 Å². The van der Waals surface area contributed by atoms with Gasteiger partial charge in [-0.3, -0.25) is 4.98 Å². The summed E-state index contributed by atoms with van der Waals surface area (Å²) in [4.78, 5) is 4.37. The molecule has 1 aliphatic heterocycles. The molecule has 0 saturated carbocycles. The molecule has 0 bridgehead atoms. The van der Waals surface area contributed by atoms with E-state index in [1.165, 1.54) is 0 Å². The van der Waals surface area contributed by atoms with Crippen LogP contribution in [-0.4, -0.2) is 11.5 Å². The van der Waals surface area contributed by atoms with Crippen molar-refractivity contribution in [1.29, 1.82) is 5.26 Å². The molecule has 0 spiro atoms. The van der Waals surface area contributed by atoms with E-state index in [2.05, 4.69) is 22.4 Å². The first-order valence-electron chi connectivity index (χ1n) is 6.43. The van der Waals surface area contributed by atoms with Crippen molar-refractivity contribution < 1.29 is 0 Å². The first-order chi connectivity index (χ1) is 9.88. The molecule has 0 amide bonds. The monoisotopic (exact) mass is 259 g/mol. The predicted molar refractivity (Wildman–Crippen MR) is 79.4 cm³/mol. The van der Waals surface area contributed by atoms with E-state index in [0.29, 0.717) is 5.56 Å². The molecule has 0 atom stereocenters. The van der Waals surface area contributed by atoms with Gasteiger partial charge in [0.25, 0.3) is 0 Å². The fraction of sp³-hybridized carbons (Fsp3) is 0.0588. The third kappa shape index (κ3) is 2.32. The third-order valence-corrected chi connectivity index (χ3v) is 3.23. The van der Waals surface area contributed by atoms with Crippen molar-refractivity contribution >= 4 is 11.1 Å². The highest BCUT2D eigenvalue weighted by molar-refractivity contribution is 5.87. The van der Waals surface area contributed by atoms with Crippen molar-refractivity contribution in [2.24, 2.45) is 0 Å². The second kappa shape index (κ2) is 5.41. The number of hydrogen-bond acceptors (Lipinski definition) is 3. The summed E-state index contributed by atoms with van der Waals surface area (Å²) in [7, 11) is 0. The maximum Gasteiger partial charge on any atom is 0.0998 e. The van der Waals surface area contributed by atoms with Gasteiger partial charge in [-0.05, 0) is 35.4 Å². The zero-order chi connectivity index (χ0) is 13.8. The number of benzene rings is 1. The van der Waals surface area contributed by atoms with E-state index in [9.17, 15) is 5.26 Å². The lowest BCUT2D eigenvalue weighted by molar-refractivity contribution is 0.982. The average Bonchev–Trinajstić information content (AvgIpc) is 2.56. The van der Waals surface area contributed by atoms with Crippen LogP contribution in [0.25, 0.3) is 11.1 Å². The summed E-state index contributed by atoms with van der Waals surface area (Å²) >= 11 is 0. The van der Waals surface area contributed by atoms with Gasteiger partial charge in [-0.25, -0.2) is 0 Å². The van der Waals surface area contributed by atoms with Gasteiger partial charge in [-0.2, -0.15) is 5.26 Å². The first kappa shape index (κ1) is 12.2. The Bertz CT molecular complexity index is 721. The highest BCUT2D eigenvalue weighted by Crippen LogP contribution is 2.25. The Hall–Kier alpha value is -2.86. The van der Waals surface area contributed by atoms with Crippen molar-refractivity contribution in [2.45, 2.75) is 0 Å². The molecule has 0 radical (unpaired) electrons. The average molecular weight is 259 g/mol. The molecule has 0 unspecified atom stereocenters. The minimum Gasteiger partial charge on any atom is -0.386 e. The number of hydrogen-bond donors (Lipinski definition) is 1. The molecule has 0 saturated heterocycles. The summed E-state index contributed by atoms with van der Waals surface area (Å²) < 4.78 is 0. The van der Waals surface area contributed by atoms with E-state index in [-0.39, 0.29) is 0 Å². The third-order valence-electron chi connectivity index (χ3n) is 3.23.